The first-order valence-electron chi connectivity index (χ1n) is 14.3. The molecule has 0 bridgehead atoms. The fraction of sp³-hybridized carbons (Fsp3) is 0.828. The zero-order valence-corrected chi connectivity index (χ0v) is 22.5. The molecule has 0 radical (unpaired) electrons. The number of rotatable bonds is 21. The Morgan fingerprint density at radius 3 is 1.88 bits per heavy atom. The van der Waals surface area contributed by atoms with Crippen LogP contribution in [0.3, 0.4) is 0 Å². The molecule has 3 unspecified atom stereocenters. The van der Waals surface area contributed by atoms with Crippen molar-refractivity contribution < 1.29 is 9.28 Å². The fourth-order valence-corrected chi connectivity index (χ4v) is 5.28. The van der Waals surface area contributed by atoms with Crippen molar-refractivity contribution in [3.63, 3.8) is 0 Å². The predicted molar refractivity (Wildman–Crippen MR) is 143 cm³/mol. The minimum absolute atomic E-state index is 0.0542. The maximum Gasteiger partial charge on any atom is 0.221 e. The fourth-order valence-electron chi connectivity index (χ4n) is 5.28. The van der Waals surface area contributed by atoms with Crippen molar-refractivity contribution in [2.24, 2.45) is 0 Å². The van der Waals surface area contributed by atoms with Crippen LogP contribution in [0.4, 0.5) is 0 Å². The molecule has 33 heavy (non-hydrogen) atoms. The molecule has 2 N–H and O–H groups in total. The molecule has 0 aromatic rings. The van der Waals surface area contributed by atoms with Crippen molar-refractivity contribution in [2.45, 2.75) is 149 Å². The summed E-state index contributed by atoms with van der Waals surface area (Å²) in [6.45, 7) is 9.16. The molecule has 0 aromatic heterocycles. The van der Waals surface area contributed by atoms with E-state index in [4.69, 9.17) is 0 Å². The first kappa shape index (κ1) is 29.7. The minimum Gasteiger partial charge on any atom is -0.338 e. The highest BCUT2D eigenvalue weighted by molar-refractivity contribution is 5.72. The topological polar surface area (TPSA) is 41.1 Å². The van der Waals surface area contributed by atoms with Crippen LogP contribution in [0.25, 0.3) is 0 Å². The molecule has 3 atom stereocenters. The number of carbonyl (C=O) groups is 1. The van der Waals surface area contributed by atoms with Crippen LogP contribution < -0.4 is 10.6 Å². The van der Waals surface area contributed by atoms with Gasteiger partial charge in [0.15, 0.2) is 12.3 Å². The van der Waals surface area contributed by atoms with Crippen LogP contribution in [0, 0.1) is 0 Å². The molecule has 4 heteroatoms. The highest BCUT2D eigenvalue weighted by atomic mass is 16.1. The van der Waals surface area contributed by atoms with Crippen molar-refractivity contribution in [1.82, 2.24) is 10.6 Å². The third-order valence-corrected chi connectivity index (χ3v) is 7.40. The quantitative estimate of drug-likeness (QED) is 0.103. The van der Waals surface area contributed by atoms with E-state index in [0.29, 0.717) is 6.17 Å². The summed E-state index contributed by atoms with van der Waals surface area (Å²) in [5.74, 6) is 0.0542. The van der Waals surface area contributed by atoms with Gasteiger partial charge in [0.1, 0.15) is 6.20 Å². The molecular weight excluding hydrogens is 406 g/mol. The van der Waals surface area contributed by atoms with E-state index >= 15 is 0 Å². The third kappa shape index (κ3) is 12.7. The number of unbranched alkanes of at least 4 members (excludes halogenated alkanes) is 14. The van der Waals surface area contributed by atoms with Crippen LogP contribution in [0.1, 0.15) is 137 Å². The SMILES string of the molecule is CC/C=C/CCCCCCCCCCCCCCCCC1NC=C[N+]1(CC)C(C)NC(C)=O. The number of hydrogen-bond acceptors (Lipinski definition) is 2. The van der Waals surface area contributed by atoms with Crippen LogP contribution in [0.15, 0.2) is 24.6 Å². The highest BCUT2D eigenvalue weighted by Gasteiger charge is 2.41. The van der Waals surface area contributed by atoms with Gasteiger partial charge >= 0.3 is 0 Å². The Kier molecular flexibility index (Phi) is 17.2. The first-order chi connectivity index (χ1) is 16.1. The monoisotopic (exact) mass is 462 g/mol. The van der Waals surface area contributed by atoms with E-state index in [0.717, 1.165) is 11.0 Å². The second kappa shape index (κ2) is 19.1. The van der Waals surface area contributed by atoms with E-state index in [1.54, 1.807) is 6.92 Å². The largest absolute Gasteiger partial charge is 0.338 e. The molecular formula is C29H56N3O+. The van der Waals surface area contributed by atoms with Gasteiger partial charge in [0.05, 0.1) is 12.7 Å². The number of hydrogen-bond donors (Lipinski definition) is 2. The number of carbonyl (C=O) groups excluding carboxylic acids is 1. The number of quaternary nitrogens is 1. The van der Waals surface area contributed by atoms with Gasteiger partial charge in [-0.3, -0.25) is 9.28 Å². The van der Waals surface area contributed by atoms with E-state index < -0.39 is 0 Å². The Hall–Kier alpha value is -1.29. The Labute approximate surface area is 206 Å². The average Bonchev–Trinajstić information content (AvgIpc) is 3.22. The lowest BCUT2D eigenvalue weighted by Crippen LogP contribution is -2.62. The lowest BCUT2D eigenvalue weighted by atomic mass is 10.0. The summed E-state index contributed by atoms with van der Waals surface area (Å²) in [7, 11) is 0. The van der Waals surface area contributed by atoms with Gasteiger partial charge in [-0.05, 0) is 32.6 Å². The van der Waals surface area contributed by atoms with Crippen molar-refractivity contribution in [1.29, 1.82) is 0 Å². The predicted octanol–water partition coefficient (Wildman–Crippen LogP) is 7.91. The van der Waals surface area contributed by atoms with Crippen molar-refractivity contribution >= 4 is 5.91 Å². The second-order valence-electron chi connectivity index (χ2n) is 10.1. The third-order valence-electron chi connectivity index (χ3n) is 7.40. The van der Waals surface area contributed by atoms with Gasteiger partial charge in [-0.2, -0.15) is 0 Å². The van der Waals surface area contributed by atoms with Gasteiger partial charge in [0.25, 0.3) is 0 Å². The van der Waals surface area contributed by atoms with Crippen molar-refractivity contribution in [2.75, 3.05) is 6.54 Å². The van der Waals surface area contributed by atoms with E-state index in [2.05, 4.69) is 56.0 Å². The maximum atomic E-state index is 11.5. The Morgan fingerprint density at radius 2 is 1.39 bits per heavy atom. The lowest BCUT2D eigenvalue weighted by Gasteiger charge is -2.41. The summed E-state index contributed by atoms with van der Waals surface area (Å²) >= 11 is 0. The summed E-state index contributed by atoms with van der Waals surface area (Å²) in [4.78, 5) is 11.5. The molecule has 4 nitrogen and oxygen atoms in total. The molecule has 0 saturated carbocycles. The Bertz CT molecular complexity index is 545. The standard InChI is InChI=1S/C29H55N3O/c1-5-7-8-9-10-11-12-13-14-15-16-17-18-19-20-21-22-23-24-29-30-25-26-32(29,6-2)27(3)31-28(4)33/h7-8,25-27,29-30H,5-6,9-24H2,1-4H3/p+1/b8-7+. The summed E-state index contributed by atoms with van der Waals surface area (Å²) < 4.78 is 0.815. The van der Waals surface area contributed by atoms with Crippen LogP contribution in [0.2, 0.25) is 0 Å². The zero-order chi connectivity index (χ0) is 24.2. The molecule has 0 fully saturated rings. The molecule has 1 rings (SSSR count). The molecule has 1 heterocycles. The molecule has 1 amide bonds. The molecule has 1 aliphatic rings. The van der Waals surface area contributed by atoms with E-state index in [1.165, 1.54) is 109 Å². The molecule has 0 spiro atoms. The van der Waals surface area contributed by atoms with Gasteiger partial charge in [-0.25, -0.2) is 0 Å². The number of nitrogens with one attached hydrogen (secondary N) is 2. The second-order valence-corrected chi connectivity index (χ2v) is 10.1. The molecule has 1 aliphatic heterocycles. The average molecular weight is 463 g/mol. The van der Waals surface area contributed by atoms with Crippen LogP contribution in [0.5, 0.6) is 0 Å². The zero-order valence-electron chi connectivity index (χ0n) is 22.5. The maximum absolute atomic E-state index is 11.5. The highest BCUT2D eigenvalue weighted by Crippen LogP contribution is 2.26. The lowest BCUT2D eigenvalue weighted by molar-refractivity contribution is -0.923. The number of amides is 1. The van der Waals surface area contributed by atoms with E-state index in [1.807, 2.05) is 0 Å². The van der Waals surface area contributed by atoms with Gasteiger partial charge in [0, 0.05) is 20.3 Å². The van der Waals surface area contributed by atoms with E-state index in [9.17, 15) is 4.79 Å². The van der Waals surface area contributed by atoms with Gasteiger partial charge < -0.3 is 10.6 Å². The molecule has 0 aromatic carbocycles. The minimum atomic E-state index is 0.0542. The summed E-state index contributed by atoms with van der Waals surface area (Å²) in [6.07, 6.45) is 32.6. The molecule has 0 saturated heterocycles. The molecule has 0 aliphatic carbocycles. The smallest absolute Gasteiger partial charge is 0.221 e. The van der Waals surface area contributed by atoms with Crippen LogP contribution in [-0.4, -0.2) is 29.3 Å². The Morgan fingerprint density at radius 1 is 0.879 bits per heavy atom. The molecule has 192 valence electrons. The van der Waals surface area contributed by atoms with E-state index in [-0.39, 0.29) is 12.1 Å². The van der Waals surface area contributed by atoms with Gasteiger partial charge in [-0.15, -0.1) is 0 Å². The van der Waals surface area contributed by atoms with Gasteiger partial charge in [0.2, 0.25) is 5.91 Å². The summed E-state index contributed by atoms with van der Waals surface area (Å²) in [5, 5.41) is 6.65. The first-order valence-corrected chi connectivity index (χ1v) is 14.3. The normalized spacial score (nSPS) is 20.9. The van der Waals surface area contributed by atoms with Crippen molar-refractivity contribution in [3.05, 3.63) is 24.6 Å². The Balaban J connectivity index is 1.95. The van der Waals surface area contributed by atoms with Crippen LogP contribution >= 0.6 is 0 Å². The van der Waals surface area contributed by atoms with Gasteiger partial charge in [-0.1, -0.05) is 96.1 Å². The summed E-state index contributed by atoms with van der Waals surface area (Å²) in [5.41, 5.74) is 0. The summed E-state index contributed by atoms with van der Waals surface area (Å²) in [6, 6.07) is 0. The number of nitrogens with zero attached hydrogens (tertiary/aromatic N) is 1. The number of allylic oxidation sites excluding steroid dienone is 2. The van der Waals surface area contributed by atoms with Crippen LogP contribution in [-0.2, 0) is 4.79 Å². The van der Waals surface area contributed by atoms with Crippen molar-refractivity contribution in [3.8, 4) is 0 Å².